The summed E-state index contributed by atoms with van der Waals surface area (Å²) in [6.45, 7) is 8.10. The lowest BCUT2D eigenvalue weighted by Gasteiger charge is -2.06. The van der Waals surface area contributed by atoms with Crippen LogP contribution in [0.2, 0.25) is 0 Å². The summed E-state index contributed by atoms with van der Waals surface area (Å²) in [7, 11) is 0. The summed E-state index contributed by atoms with van der Waals surface area (Å²) in [6, 6.07) is 9.70. The normalized spacial score (nSPS) is 10.5. The maximum absolute atomic E-state index is 8.99. The van der Waals surface area contributed by atoms with Gasteiger partial charge in [0.15, 0.2) is 0 Å². The van der Waals surface area contributed by atoms with E-state index in [1.807, 2.05) is 29.8 Å². The van der Waals surface area contributed by atoms with Crippen molar-refractivity contribution in [2.45, 2.75) is 33.7 Å². The average molecular weight is 268 g/mol. The van der Waals surface area contributed by atoms with Gasteiger partial charge in [0.25, 0.3) is 0 Å². The third kappa shape index (κ3) is 2.89. The van der Waals surface area contributed by atoms with Gasteiger partial charge in [0.2, 0.25) is 0 Å². The van der Waals surface area contributed by atoms with Crippen molar-refractivity contribution in [3.05, 3.63) is 46.8 Å². The first-order valence-electron chi connectivity index (χ1n) is 6.93. The minimum absolute atomic E-state index is 0.653. The number of hydrogen-bond acceptors (Lipinski definition) is 3. The van der Waals surface area contributed by atoms with Crippen molar-refractivity contribution in [2.24, 2.45) is 0 Å². The Kier molecular flexibility index (Phi) is 4.54. The smallest absolute Gasteiger partial charge is 0.0992 e. The molecule has 2 rings (SSSR count). The van der Waals surface area contributed by atoms with E-state index < -0.39 is 0 Å². The van der Waals surface area contributed by atoms with Crippen LogP contribution in [0.4, 0.5) is 0 Å². The number of aromatic nitrogens is 2. The SMILES string of the molecule is CCCNCc1c(C)nn(-c2cccc(C#N)c2)c1C. The molecule has 4 heteroatoms. The molecule has 1 heterocycles. The van der Waals surface area contributed by atoms with Gasteiger partial charge in [-0.1, -0.05) is 13.0 Å². The van der Waals surface area contributed by atoms with Gasteiger partial charge in [-0.05, 0) is 45.0 Å². The first kappa shape index (κ1) is 14.3. The Morgan fingerprint density at radius 1 is 1.35 bits per heavy atom. The molecule has 0 atom stereocenters. The van der Waals surface area contributed by atoms with Crippen LogP contribution >= 0.6 is 0 Å². The van der Waals surface area contributed by atoms with E-state index in [0.29, 0.717) is 5.56 Å². The van der Waals surface area contributed by atoms with Gasteiger partial charge in [-0.15, -0.1) is 0 Å². The maximum Gasteiger partial charge on any atom is 0.0992 e. The first-order chi connectivity index (χ1) is 9.67. The highest BCUT2D eigenvalue weighted by molar-refractivity contribution is 5.43. The van der Waals surface area contributed by atoms with E-state index in [2.05, 4.69) is 30.3 Å². The molecule has 0 bridgehead atoms. The molecule has 0 amide bonds. The molecule has 0 aliphatic carbocycles. The lowest BCUT2D eigenvalue weighted by atomic mass is 10.2. The number of rotatable bonds is 5. The summed E-state index contributed by atoms with van der Waals surface area (Å²) in [5.41, 5.74) is 4.99. The summed E-state index contributed by atoms with van der Waals surface area (Å²) in [4.78, 5) is 0. The lowest BCUT2D eigenvalue weighted by molar-refractivity contribution is 0.670. The van der Waals surface area contributed by atoms with Crippen LogP contribution in [0.25, 0.3) is 5.69 Å². The molecule has 104 valence electrons. The summed E-state index contributed by atoms with van der Waals surface area (Å²) in [5.74, 6) is 0. The van der Waals surface area contributed by atoms with Gasteiger partial charge in [-0.2, -0.15) is 10.4 Å². The lowest BCUT2D eigenvalue weighted by Crippen LogP contribution is -2.15. The maximum atomic E-state index is 8.99. The summed E-state index contributed by atoms with van der Waals surface area (Å²) < 4.78 is 1.92. The standard InChI is InChI=1S/C16H20N4/c1-4-8-18-11-16-12(2)19-20(13(16)3)15-7-5-6-14(9-15)10-17/h5-7,9,18H,4,8,11H2,1-3H3. The molecule has 0 aliphatic heterocycles. The monoisotopic (exact) mass is 268 g/mol. The van der Waals surface area contributed by atoms with Crippen LogP contribution in [-0.4, -0.2) is 16.3 Å². The molecular weight excluding hydrogens is 248 g/mol. The molecular formula is C16H20N4. The van der Waals surface area contributed by atoms with Gasteiger partial charge in [0.05, 0.1) is 23.0 Å². The zero-order chi connectivity index (χ0) is 14.5. The molecule has 0 unspecified atom stereocenters. The van der Waals surface area contributed by atoms with Crippen molar-refractivity contribution in [3.8, 4) is 11.8 Å². The Morgan fingerprint density at radius 2 is 2.15 bits per heavy atom. The Hall–Kier alpha value is -2.12. The van der Waals surface area contributed by atoms with Crippen molar-refractivity contribution in [1.29, 1.82) is 5.26 Å². The van der Waals surface area contributed by atoms with Gasteiger partial charge in [-0.3, -0.25) is 0 Å². The van der Waals surface area contributed by atoms with Crippen molar-refractivity contribution in [1.82, 2.24) is 15.1 Å². The topological polar surface area (TPSA) is 53.6 Å². The second-order valence-electron chi connectivity index (χ2n) is 4.90. The largest absolute Gasteiger partial charge is 0.313 e. The number of nitrogens with one attached hydrogen (secondary N) is 1. The fourth-order valence-corrected chi connectivity index (χ4v) is 2.28. The fraction of sp³-hybridized carbons (Fsp3) is 0.375. The van der Waals surface area contributed by atoms with E-state index in [-0.39, 0.29) is 0 Å². The van der Waals surface area contributed by atoms with Gasteiger partial charge in [0.1, 0.15) is 0 Å². The predicted octanol–water partition coefficient (Wildman–Crippen LogP) is 2.86. The summed E-state index contributed by atoms with van der Waals surface area (Å²) >= 11 is 0. The Bertz CT molecular complexity index is 634. The molecule has 0 fully saturated rings. The van der Waals surface area contributed by atoms with E-state index in [0.717, 1.165) is 36.6 Å². The van der Waals surface area contributed by atoms with Crippen LogP contribution in [0, 0.1) is 25.2 Å². The molecule has 0 aliphatic rings. The van der Waals surface area contributed by atoms with E-state index in [1.165, 1.54) is 5.56 Å². The minimum Gasteiger partial charge on any atom is -0.313 e. The second kappa shape index (κ2) is 6.36. The molecule has 0 spiro atoms. The number of aryl methyl sites for hydroxylation is 1. The fourth-order valence-electron chi connectivity index (χ4n) is 2.28. The molecule has 20 heavy (non-hydrogen) atoms. The first-order valence-corrected chi connectivity index (χ1v) is 6.93. The molecule has 0 saturated heterocycles. The summed E-state index contributed by atoms with van der Waals surface area (Å²) in [5, 5.41) is 17.0. The third-order valence-corrected chi connectivity index (χ3v) is 3.39. The van der Waals surface area contributed by atoms with Crippen LogP contribution in [0.15, 0.2) is 24.3 Å². The zero-order valence-electron chi connectivity index (χ0n) is 12.3. The van der Waals surface area contributed by atoms with Crippen molar-refractivity contribution < 1.29 is 0 Å². The quantitative estimate of drug-likeness (QED) is 0.848. The zero-order valence-corrected chi connectivity index (χ0v) is 12.3. The highest BCUT2D eigenvalue weighted by Gasteiger charge is 2.12. The van der Waals surface area contributed by atoms with Gasteiger partial charge < -0.3 is 5.32 Å². The van der Waals surface area contributed by atoms with E-state index >= 15 is 0 Å². The van der Waals surface area contributed by atoms with Crippen molar-refractivity contribution in [2.75, 3.05) is 6.54 Å². The Labute approximate surface area is 120 Å². The van der Waals surface area contributed by atoms with Crippen LogP contribution in [-0.2, 0) is 6.54 Å². The van der Waals surface area contributed by atoms with E-state index in [4.69, 9.17) is 5.26 Å². The number of nitrogens with zero attached hydrogens (tertiary/aromatic N) is 3. The van der Waals surface area contributed by atoms with Crippen LogP contribution in [0.5, 0.6) is 0 Å². The van der Waals surface area contributed by atoms with Crippen LogP contribution in [0.3, 0.4) is 0 Å². The van der Waals surface area contributed by atoms with Crippen molar-refractivity contribution >= 4 is 0 Å². The van der Waals surface area contributed by atoms with E-state index in [9.17, 15) is 0 Å². The molecule has 2 aromatic rings. The molecule has 1 aromatic heterocycles. The van der Waals surface area contributed by atoms with Crippen LogP contribution in [0.1, 0.15) is 35.9 Å². The molecule has 4 nitrogen and oxygen atoms in total. The second-order valence-corrected chi connectivity index (χ2v) is 4.90. The molecule has 1 N–H and O–H groups in total. The predicted molar refractivity (Wildman–Crippen MR) is 79.8 cm³/mol. The van der Waals surface area contributed by atoms with E-state index in [1.54, 1.807) is 6.07 Å². The molecule has 1 aromatic carbocycles. The van der Waals surface area contributed by atoms with Gasteiger partial charge in [-0.25, -0.2) is 4.68 Å². The highest BCUT2D eigenvalue weighted by Crippen LogP contribution is 2.18. The van der Waals surface area contributed by atoms with Crippen LogP contribution < -0.4 is 5.32 Å². The number of benzene rings is 1. The highest BCUT2D eigenvalue weighted by atomic mass is 15.3. The Morgan fingerprint density at radius 3 is 2.85 bits per heavy atom. The summed E-state index contributed by atoms with van der Waals surface area (Å²) in [6.07, 6.45) is 1.12. The molecule has 0 radical (unpaired) electrons. The number of nitriles is 1. The van der Waals surface area contributed by atoms with Crippen molar-refractivity contribution in [3.63, 3.8) is 0 Å². The average Bonchev–Trinajstić information content (AvgIpc) is 2.75. The minimum atomic E-state index is 0.653. The third-order valence-electron chi connectivity index (χ3n) is 3.39. The Balaban J connectivity index is 2.33. The van der Waals surface area contributed by atoms with Gasteiger partial charge >= 0.3 is 0 Å². The number of hydrogen-bond donors (Lipinski definition) is 1. The molecule has 0 saturated carbocycles. The van der Waals surface area contributed by atoms with Gasteiger partial charge in [0, 0.05) is 17.8 Å².